The zero-order chi connectivity index (χ0) is 35.7. The van der Waals surface area contributed by atoms with E-state index in [-0.39, 0.29) is 22.6 Å². The molecular formula is C36H38F8O6. The van der Waals surface area contributed by atoms with Gasteiger partial charge < -0.3 is 28.4 Å². The van der Waals surface area contributed by atoms with Crippen molar-refractivity contribution in [3.63, 3.8) is 0 Å². The summed E-state index contributed by atoms with van der Waals surface area (Å²) in [5, 5.41) is 0. The van der Waals surface area contributed by atoms with E-state index in [0.29, 0.717) is 37.6 Å². The van der Waals surface area contributed by atoms with Gasteiger partial charge in [0.05, 0.1) is 38.6 Å². The lowest BCUT2D eigenvalue weighted by Gasteiger charge is -2.22. The minimum Gasteiger partial charge on any atom is -0.493 e. The lowest BCUT2D eigenvalue weighted by molar-refractivity contribution is -0.164. The molecule has 50 heavy (non-hydrogen) atoms. The normalized spacial score (nSPS) is 17.0. The van der Waals surface area contributed by atoms with Crippen molar-refractivity contribution >= 4 is 0 Å². The zero-order valence-electron chi connectivity index (χ0n) is 27.1. The third-order valence-electron chi connectivity index (χ3n) is 8.19. The molecule has 0 aromatic heterocycles. The average Bonchev–Trinajstić information content (AvgIpc) is 3.99. The van der Waals surface area contributed by atoms with Gasteiger partial charge in [0.25, 0.3) is 0 Å². The number of epoxide rings is 2. The summed E-state index contributed by atoms with van der Waals surface area (Å²) in [6.07, 6.45) is -3.24. The molecule has 5 rings (SSSR count). The van der Waals surface area contributed by atoms with Gasteiger partial charge in [-0.3, -0.25) is 0 Å². The van der Waals surface area contributed by atoms with Crippen molar-refractivity contribution in [2.75, 3.05) is 26.4 Å². The van der Waals surface area contributed by atoms with Crippen LogP contribution in [0.2, 0.25) is 0 Å². The van der Waals surface area contributed by atoms with Crippen LogP contribution in [0.15, 0.2) is 48.5 Å². The highest BCUT2D eigenvalue weighted by atomic mass is 19.4. The van der Waals surface area contributed by atoms with Crippen molar-refractivity contribution < 1.29 is 63.5 Å². The van der Waals surface area contributed by atoms with Crippen molar-refractivity contribution in [2.45, 2.75) is 89.1 Å². The van der Waals surface area contributed by atoms with E-state index in [4.69, 9.17) is 28.4 Å². The molecule has 2 atom stereocenters. The first-order valence-corrected chi connectivity index (χ1v) is 16.5. The maximum atomic E-state index is 14.8. The van der Waals surface area contributed by atoms with Crippen LogP contribution in [-0.2, 0) is 35.0 Å². The molecule has 2 aliphatic rings. The number of benzene rings is 3. The van der Waals surface area contributed by atoms with E-state index < -0.39 is 59.8 Å². The molecule has 3 aromatic carbocycles. The molecule has 2 aliphatic heterocycles. The van der Waals surface area contributed by atoms with Crippen molar-refractivity contribution in [2.24, 2.45) is 0 Å². The Labute approximate surface area is 284 Å². The third kappa shape index (κ3) is 11.4. The molecular weight excluding hydrogens is 680 g/mol. The molecule has 0 radical (unpaired) electrons. The Morgan fingerprint density at radius 3 is 1.28 bits per heavy atom. The monoisotopic (exact) mass is 718 g/mol. The SMILES string of the molecule is Fc1cc(OCCCCCC2CO2)ccc1COc1ccc(OCc2ccc(OCCCCCC3CO3)cc2F)c(C(F)(F)F)c1C(F)(F)F. The van der Waals surface area contributed by atoms with Crippen LogP contribution < -0.4 is 18.9 Å². The van der Waals surface area contributed by atoms with Crippen LogP contribution in [0.25, 0.3) is 0 Å². The van der Waals surface area contributed by atoms with E-state index in [9.17, 15) is 35.1 Å². The van der Waals surface area contributed by atoms with Crippen molar-refractivity contribution in [1.82, 2.24) is 0 Å². The van der Waals surface area contributed by atoms with Gasteiger partial charge >= 0.3 is 12.4 Å². The van der Waals surface area contributed by atoms with Gasteiger partial charge in [-0.15, -0.1) is 0 Å². The first-order valence-electron chi connectivity index (χ1n) is 16.5. The number of ether oxygens (including phenoxy) is 6. The van der Waals surface area contributed by atoms with Crippen LogP contribution >= 0.6 is 0 Å². The first-order chi connectivity index (χ1) is 23.9. The summed E-state index contributed by atoms with van der Waals surface area (Å²) in [5.41, 5.74) is -4.69. The van der Waals surface area contributed by atoms with Crippen LogP contribution in [-0.4, -0.2) is 38.6 Å². The number of halogens is 8. The topological polar surface area (TPSA) is 62.0 Å². The van der Waals surface area contributed by atoms with E-state index in [2.05, 4.69) is 0 Å². The largest absolute Gasteiger partial charge is 0.493 e. The van der Waals surface area contributed by atoms with Gasteiger partial charge in [0, 0.05) is 23.3 Å². The Hall–Kier alpha value is -3.78. The molecule has 0 saturated carbocycles. The van der Waals surface area contributed by atoms with Crippen LogP contribution in [0.5, 0.6) is 23.0 Å². The number of hydrogen-bond acceptors (Lipinski definition) is 6. The fourth-order valence-electron chi connectivity index (χ4n) is 5.30. The number of rotatable bonds is 20. The summed E-state index contributed by atoms with van der Waals surface area (Å²) in [4.78, 5) is 0. The van der Waals surface area contributed by atoms with Crippen molar-refractivity contribution in [3.05, 3.63) is 82.4 Å². The molecule has 6 nitrogen and oxygen atoms in total. The van der Waals surface area contributed by atoms with Gasteiger partial charge in [-0.25, -0.2) is 8.78 Å². The highest BCUT2D eigenvalue weighted by Crippen LogP contribution is 2.49. The second-order valence-electron chi connectivity index (χ2n) is 12.2. The molecule has 2 fully saturated rings. The summed E-state index contributed by atoms with van der Waals surface area (Å²) in [7, 11) is 0. The maximum Gasteiger partial charge on any atom is 0.420 e. The average molecular weight is 719 g/mol. The molecule has 0 bridgehead atoms. The minimum atomic E-state index is -5.54. The fourth-order valence-corrected chi connectivity index (χ4v) is 5.30. The Balaban J connectivity index is 1.20. The quantitative estimate of drug-likeness (QED) is 0.0659. The summed E-state index contributed by atoms with van der Waals surface area (Å²) in [5.74, 6) is -3.70. The first kappa shape index (κ1) is 37.5. The highest BCUT2D eigenvalue weighted by Gasteiger charge is 2.48. The van der Waals surface area contributed by atoms with E-state index in [0.717, 1.165) is 76.7 Å². The van der Waals surface area contributed by atoms with Gasteiger partial charge in [-0.1, -0.05) is 12.8 Å². The summed E-state index contributed by atoms with van der Waals surface area (Å²) < 4.78 is 146. The predicted molar refractivity (Wildman–Crippen MR) is 165 cm³/mol. The van der Waals surface area contributed by atoms with E-state index >= 15 is 0 Å². The molecule has 2 heterocycles. The Bertz CT molecular complexity index is 1440. The zero-order valence-corrected chi connectivity index (χ0v) is 27.1. The number of alkyl halides is 6. The van der Waals surface area contributed by atoms with E-state index in [1.165, 1.54) is 24.3 Å². The third-order valence-corrected chi connectivity index (χ3v) is 8.19. The van der Waals surface area contributed by atoms with Crippen LogP contribution in [0.1, 0.15) is 73.6 Å². The van der Waals surface area contributed by atoms with Gasteiger partial charge in [-0.05, 0) is 74.9 Å². The smallest absolute Gasteiger partial charge is 0.420 e. The molecule has 3 aromatic rings. The van der Waals surface area contributed by atoms with Gasteiger partial charge in [0.1, 0.15) is 59.0 Å². The molecule has 0 N–H and O–H groups in total. The van der Waals surface area contributed by atoms with Crippen LogP contribution in [0.3, 0.4) is 0 Å². The van der Waals surface area contributed by atoms with Gasteiger partial charge in [0.2, 0.25) is 0 Å². The van der Waals surface area contributed by atoms with Gasteiger partial charge in [-0.2, -0.15) is 26.3 Å². The Morgan fingerprint density at radius 2 is 0.940 bits per heavy atom. The standard InChI is InChI=1S/C36H38F8O6/c37-29-17-25(45-15-5-1-3-7-27-21-47-27)11-9-23(29)19-49-31-13-14-32(34(36(42,43)44)33(31)35(39,40)41)50-20-24-10-12-26(18-30(24)38)46-16-6-2-4-8-28-22-48-28/h9-14,17-18,27-28H,1-8,15-16,19-22H2. The lowest BCUT2D eigenvalue weighted by atomic mass is 10.0. The summed E-state index contributed by atoms with van der Waals surface area (Å²) >= 11 is 0. The summed E-state index contributed by atoms with van der Waals surface area (Å²) in [6, 6.07) is 8.62. The molecule has 274 valence electrons. The lowest BCUT2D eigenvalue weighted by Crippen LogP contribution is -2.20. The molecule has 0 amide bonds. The molecule has 14 heteroatoms. The highest BCUT2D eigenvalue weighted by molar-refractivity contribution is 5.52. The van der Waals surface area contributed by atoms with Crippen LogP contribution in [0, 0.1) is 11.6 Å². The summed E-state index contributed by atoms with van der Waals surface area (Å²) in [6.45, 7) is 0.635. The maximum absolute atomic E-state index is 14.8. The van der Waals surface area contributed by atoms with Crippen molar-refractivity contribution in [3.8, 4) is 23.0 Å². The fraction of sp³-hybridized carbons (Fsp3) is 0.500. The van der Waals surface area contributed by atoms with Crippen molar-refractivity contribution in [1.29, 1.82) is 0 Å². The van der Waals surface area contributed by atoms with E-state index in [1.54, 1.807) is 0 Å². The molecule has 2 saturated heterocycles. The second-order valence-corrected chi connectivity index (χ2v) is 12.2. The predicted octanol–water partition coefficient (Wildman–Crippen LogP) is 9.84. The molecule has 2 unspecified atom stereocenters. The molecule has 0 spiro atoms. The number of hydrogen-bond donors (Lipinski definition) is 0. The Morgan fingerprint density at radius 1 is 0.540 bits per heavy atom. The second kappa shape index (κ2) is 17.0. The van der Waals surface area contributed by atoms with E-state index in [1.807, 2.05) is 0 Å². The minimum absolute atomic E-state index is 0.192. The molecule has 0 aliphatic carbocycles. The van der Waals surface area contributed by atoms with Gasteiger partial charge in [0.15, 0.2) is 0 Å². The van der Waals surface area contributed by atoms with Crippen LogP contribution in [0.4, 0.5) is 35.1 Å². The Kier molecular flexibility index (Phi) is 12.7. The number of unbranched alkanes of at least 4 members (excludes halogenated alkanes) is 4.